The van der Waals surface area contributed by atoms with Crippen LogP contribution in [0.3, 0.4) is 0 Å². The zero-order valence-electron chi connectivity index (χ0n) is 15.3. The van der Waals surface area contributed by atoms with Gasteiger partial charge in [-0.25, -0.2) is 0 Å². The number of anilines is 1. The van der Waals surface area contributed by atoms with Crippen molar-refractivity contribution in [2.24, 2.45) is 0 Å². The molecule has 0 bridgehead atoms. The zero-order valence-corrected chi connectivity index (χ0v) is 16.1. The second-order valence-corrected chi connectivity index (χ2v) is 8.05. The molecule has 0 saturated carbocycles. The number of benzene rings is 1. The molecule has 1 aromatic carbocycles. The van der Waals surface area contributed by atoms with E-state index in [0.717, 1.165) is 46.9 Å². The summed E-state index contributed by atoms with van der Waals surface area (Å²) >= 11 is 1.48. The first kappa shape index (κ1) is 17.5. The Morgan fingerprint density at radius 3 is 2.89 bits per heavy atom. The smallest absolute Gasteiger partial charge is 0.251 e. The number of hydrogen-bond donors (Lipinski definition) is 1. The molecule has 0 unspecified atom stereocenters. The van der Waals surface area contributed by atoms with Crippen LogP contribution in [-0.2, 0) is 24.2 Å². The molecule has 136 valence electrons. The van der Waals surface area contributed by atoms with E-state index >= 15 is 0 Å². The minimum atomic E-state index is -0.290. The summed E-state index contributed by atoms with van der Waals surface area (Å²) in [4.78, 5) is 26.5. The lowest BCUT2D eigenvalue weighted by atomic mass is 10.1. The highest BCUT2D eigenvalue weighted by molar-refractivity contribution is 7.16. The molecule has 1 N–H and O–H groups in total. The topological polar surface area (TPSA) is 74.9 Å². The van der Waals surface area contributed by atoms with Gasteiger partial charge < -0.3 is 5.32 Å². The molecule has 1 amide bonds. The number of nitriles is 1. The fourth-order valence-corrected chi connectivity index (χ4v) is 5.12. The number of para-hydroxylation sites is 1. The molecule has 0 radical (unpaired) electrons. The van der Waals surface area contributed by atoms with E-state index in [-0.39, 0.29) is 18.0 Å². The van der Waals surface area contributed by atoms with Crippen molar-refractivity contribution in [2.75, 3.05) is 5.32 Å². The largest absolute Gasteiger partial charge is 0.315 e. The molecular formula is C21H19N3O2S. The van der Waals surface area contributed by atoms with Crippen molar-refractivity contribution in [1.29, 1.82) is 5.26 Å². The molecule has 0 spiro atoms. The summed E-state index contributed by atoms with van der Waals surface area (Å²) in [5.74, 6) is -0.290. The monoisotopic (exact) mass is 377 g/mol. The number of amides is 1. The third-order valence-corrected chi connectivity index (χ3v) is 6.33. The first-order chi connectivity index (χ1) is 13.0. The normalized spacial score (nSPS) is 12.8. The van der Waals surface area contributed by atoms with E-state index < -0.39 is 0 Å². The number of aromatic nitrogens is 1. The summed E-state index contributed by atoms with van der Waals surface area (Å²) < 4.78 is 1.51. The number of nitrogens with zero attached hydrogens (tertiary/aromatic N) is 2. The van der Waals surface area contributed by atoms with E-state index in [2.05, 4.69) is 11.4 Å². The average Bonchev–Trinajstić information content (AvgIpc) is 3.19. The predicted molar refractivity (Wildman–Crippen MR) is 107 cm³/mol. The summed E-state index contributed by atoms with van der Waals surface area (Å²) in [7, 11) is 0. The van der Waals surface area contributed by atoms with E-state index in [1.165, 1.54) is 20.8 Å². The van der Waals surface area contributed by atoms with Gasteiger partial charge in [0.25, 0.3) is 5.56 Å². The molecule has 2 heterocycles. The fraction of sp³-hybridized carbons (Fsp3) is 0.286. The second-order valence-electron chi connectivity index (χ2n) is 6.94. The highest BCUT2D eigenvalue weighted by atomic mass is 32.1. The molecule has 0 atom stereocenters. The predicted octanol–water partition coefficient (Wildman–Crippen LogP) is 3.68. The van der Waals surface area contributed by atoms with Crippen molar-refractivity contribution in [2.45, 2.75) is 39.7 Å². The Labute approximate surface area is 160 Å². The van der Waals surface area contributed by atoms with Gasteiger partial charge in [0, 0.05) is 16.3 Å². The molecule has 0 aliphatic heterocycles. The van der Waals surface area contributed by atoms with Crippen molar-refractivity contribution in [3.05, 3.63) is 61.8 Å². The molecule has 6 heteroatoms. The van der Waals surface area contributed by atoms with Gasteiger partial charge in [-0.1, -0.05) is 18.2 Å². The molecule has 1 aliphatic carbocycles. The Morgan fingerprint density at radius 1 is 1.30 bits per heavy atom. The van der Waals surface area contributed by atoms with Crippen LogP contribution in [-0.4, -0.2) is 10.5 Å². The van der Waals surface area contributed by atoms with Crippen LogP contribution in [0.5, 0.6) is 0 Å². The van der Waals surface area contributed by atoms with Crippen molar-refractivity contribution >= 4 is 33.1 Å². The van der Waals surface area contributed by atoms with E-state index in [9.17, 15) is 14.9 Å². The van der Waals surface area contributed by atoms with Crippen molar-refractivity contribution in [1.82, 2.24) is 4.57 Å². The minimum Gasteiger partial charge on any atom is -0.315 e. The first-order valence-corrected chi connectivity index (χ1v) is 9.75. The Morgan fingerprint density at radius 2 is 2.11 bits per heavy atom. The molecule has 2 aromatic heterocycles. The molecule has 27 heavy (non-hydrogen) atoms. The van der Waals surface area contributed by atoms with Crippen LogP contribution in [0.1, 0.15) is 33.6 Å². The number of aryl methyl sites for hydroxylation is 3. The highest BCUT2D eigenvalue weighted by Crippen LogP contribution is 2.38. The van der Waals surface area contributed by atoms with Gasteiger partial charge in [0.05, 0.1) is 11.1 Å². The van der Waals surface area contributed by atoms with Gasteiger partial charge in [0.2, 0.25) is 5.91 Å². The lowest BCUT2D eigenvalue weighted by Gasteiger charge is -2.14. The van der Waals surface area contributed by atoms with Gasteiger partial charge >= 0.3 is 0 Å². The number of nitrogens with one attached hydrogen (secondary N) is 1. The Bertz CT molecular complexity index is 1180. The molecular weight excluding hydrogens is 358 g/mol. The van der Waals surface area contributed by atoms with E-state index in [1.807, 2.05) is 32.0 Å². The van der Waals surface area contributed by atoms with Crippen molar-refractivity contribution < 1.29 is 4.79 Å². The number of hydrogen-bond acceptors (Lipinski definition) is 4. The maximum absolute atomic E-state index is 12.7. The van der Waals surface area contributed by atoms with E-state index in [0.29, 0.717) is 10.6 Å². The third-order valence-electron chi connectivity index (χ3n) is 5.13. The van der Waals surface area contributed by atoms with Gasteiger partial charge in [-0.15, -0.1) is 11.3 Å². The number of carbonyl (C=O) groups excluding carboxylic acids is 1. The van der Waals surface area contributed by atoms with Crippen LogP contribution in [0.15, 0.2) is 29.1 Å². The van der Waals surface area contributed by atoms with Crippen LogP contribution >= 0.6 is 11.3 Å². The van der Waals surface area contributed by atoms with Gasteiger partial charge in [-0.2, -0.15) is 5.26 Å². The fourth-order valence-electron chi connectivity index (χ4n) is 3.86. The summed E-state index contributed by atoms with van der Waals surface area (Å²) in [5, 5.41) is 13.9. The van der Waals surface area contributed by atoms with Crippen LogP contribution in [0.2, 0.25) is 0 Å². The van der Waals surface area contributed by atoms with Gasteiger partial charge in [0.15, 0.2) is 0 Å². The number of carbonyl (C=O) groups is 1. The van der Waals surface area contributed by atoms with Gasteiger partial charge in [-0.05, 0) is 49.8 Å². The SMILES string of the molecule is Cc1cc(=O)n(CC(=O)Nc2sc3c(c2C#N)CCC3)c2c(C)cccc12. The minimum absolute atomic E-state index is 0.0755. The average molecular weight is 377 g/mol. The quantitative estimate of drug-likeness (QED) is 0.757. The molecule has 3 aromatic rings. The number of thiophene rings is 1. The lowest BCUT2D eigenvalue weighted by Crippen LogP contribution is -2.28. The summed E-state index contributed by atoms with van der Waals surface area (Å²) in [6.07, 6.45) is 2.92. The number of fused-ring (bicyclic) bond motifs is 2. The van der Waals surface area contributed by atoms with Crippen LogP contribution in [0, 0.1) is 25.2 Å². The molecule has 1 aliphatic rings. The van der Waals surface area contributed by atoms with Crippen LogP contribution < -0.4 is 10.9 Å². The summed E-state index contributed by atoms with van der Waals surface area (Å²) in [5.41, 5.74) is 4.10. The zero-order chi connectivity index (χ0) is 19.1. The Hall–Kier alpha value is -2.91. The molecule has 5 nitrogen and oxygen atoms in total. The van der Waals surface area contributed by atoms with Gasteiger partial charge in [-0.3, -0.25) is 14.2 Å². The summed E-state index contributed by atoms with van der Waals surface area (Å²) in [6, 6.07) is 9.64. The second kappa shape index (κ2) is 6.67. The van der Waals surface area contributed by atoms with E-state index in [1.54, 1.807) is 6.07 Å². The summed E-state index contributed by atoms with van der Waals surface area (Å²) in [6.45, 7) is 3.76. The maximum Gasteiger partial charge on any atom is 0.251 e. The standard InChI is InChI=1S/C21H19N3O2S/c1-12-5-3-6-14-13(2)9-19(26)24(20(12)14)11-18(25)23-21-16(10-22)15-7-4-8-17(15)27-21/h3,5-6,9H,4,7-8,11H2,1-2H3,(H,23,25). The Kier molecular flexibility index (Phi) is 4.33. The van der Waals surface area contributed by atoms with E-state index in [4.69, 9.17) is 0 Å². The maximum atomic E-state index is 12.7. The van der Waals surface area contributed by atoms with Crippen molar-refractivity contribution in [3.8, 4) is 6.07 Å². The highest BCUT2D eigenvalue weighted by Gasteiger charge is 2.23. The van der Waals surface area contributed by atoms with Crippen molar-refractivity contribution in [3.63, 3.8) is 0 Å². The van der Waals surface area contributed by atoms with Gasteiger partial charge in [0.1, 0.15) is 17.6 Å². The number of pyridine rings is 1. The first-order valence-electron chi connectivity index (χ1n) is 8.94. The molecule has 0 saturated heterocycles. The number of rotatable bonds is 3. The molecule has 0 fully saturated rings. The van der Waals surface area contributed by atoms with Crippen LogP contribution in [0.25, 0.3) is 10.9 Å². The molecule has 4 rings (SSSR count). The lowest BCUT2D eigenvalue weighted by molar-refractivity contribution is -0.116. The van der Waals surface area contributed by atoms with Crippen LogP contribution in [0.4, 0.5) is 5.00 Å². The third kappa shape index (κ3) is 2.94. The Balaban J connectivity index is 1.69.